The molecule has 1 rings (SSSR count). The van der Waals surface area contributed by atoms with Crippen molar-refractivity contribution in [1.82, 2.24) is 0 Å². The summed E-state index contributed by atoms with van der Waals surface area (Å²) in [7, 11) is -12.7. The number of hydrogen-bond acceptors (Lipinski definition) is 11. The molecule has 0 saturated heterocycles. The molecule has 1 aromatic rings. The Balaban J connectivity index is 2.51. The molecule has 0 unspecified atom stereocenters. The van der Waals surface area contributed by atoms with E-state index in [0.29, 0.717) is 25.2 Å². The highest BCUT2D eigenvalue weighted by Gasteiger charge is 2.26. The van der Waals surface area contributed by atoms with E-state index in [-0.39, 0.29) is 12.2 Å². The summed E-state index contributed by atoms with van der Waals surface area (Å²) in [5.41, 5.74) is -0.315. The van der Waals surface area contributed by atoms with E-state index in [4.69, 9.17) is 17.3 Å². The van der Waals surface area contributed by atoms with Crippen molar-refractivity contribution in [3.63, 3.8) is 0 Å². The van der Waals surface area contributed by atoms with Gasteiger partial charge in [-0.15, -0.1) is 0 Å². The van der Waals surface area contributed by atoms with Crippen LogP contribution in [0.25, 0.3) is 0 Å². The quantitative estimate of drug-likeness (QED) is 0.0717. The second-order valence-corrected chi connectivity index (χ2v) is 15.3. The van der Waals surface area contributed by atoms with Gasteiger partial charge < -0.3 is 17.3 Å². The molecule has 0 fully saturated rings. The van der Waals surface area contributed by atoms with Crippen LogP contribution < -0.4 is 12.5 Å². The Morgan fingerprint density at radius 3 is 1.21 bits per heavy atom. The molecule has 0 bridgehead atoms. The van der Waals surface area contributed by atoms with Gasteiger partial charge in [0, 0.05) is 12.1 Å². The van der Waals surface area contributed by atoms with Crippen LogP contribution in [0.2, 0.25) is 0 Å². The maximum atomic E-state index is 12.6. The number of unbranched alkanes of at least 4 members (excludes halogenated alkanes) is 15. The highest BCUT2D eigenvalue weighted by atomic mass is 32.2. The number of benzene rings is 1. The fraction of sp³-hybridized carbons (Fsp3) is 0.750. The lowest BCUT2D eigenvalue weighted by atomic mass is 10.0. The lowest BCUT2D eigenvalue weighted by Crippen LogP contribution is -2.15. The van der Waals surface area contributed by atoms with Gasteiger partial charge in [-0.25, -0.2) is 4.79 Å². The Kier molecular flexibility index (Phi) is 17.4. The molecular formula is C28H48O11S3. The molecule has 1 aromatic carbocycles. The van der Waals surface area contributed by atoms with Crippen molar-refractivity contribution in [3.8, 4) is 17.2 Å². The summed E-state index contributed by atoms with van der Waals surface area (Å²) < 4.78 is 89.9. The average Bonchev–Trinajstić information content (AvgIpc) is 2.85. The van der Waals surface area contributed by atoms with Gasteiger partial charge in [0.1, 0.15) is 0 Å². The van der Waals surface area contributed by atoms with E-state index >= 15 is 0 Å². The van der Waals surface area contributed by atoms with Gasteiger partial charge in [0.25, 0.3) is 0 Å². The third kappa shape index (κ3) is 19.2. The minimum Gasteiger partial charge on any atom is -0.462 e. The number of carbonyl (C=O) groups is 1. The minimum absolute atomic E-state index is 0.0867. The van der Waals surface area contributed by atoms with Crippen molar-refractivity contribution < 1.29 is 47.3 Å². The number of esters is 1. The molecule has 0 aliphatic heterocycles. The normalized spacial score (nSPS) is 12.2. The molecule has 11 nitrogen and oxygen atoms in total. The zero-order chi connectivity index (χ0) is 31.7. The highest BCUT2D eigenvalue weighted by Crippen LogP contribution is 2.41. The summed E-state index contributed by atoms with van der Waals surface area (Å²) in [6.45, 7) is 2.32. The van der Waals surface area contributed by atoms with E-state index in [1.54, 1.807) is 0 Å². The molecular weight excluding hydrogens is 608 g/mol. The smallest absolute Gasteiger partial charge is 0.338 e. The standard InChI is InChI=1S/C28H48O11S3/c1-5-6-7-8-9-10-11-12-13-14-15-16-17-18-19-20-21-36-28(29)24-22-25(37-40(2,30)31)27(39-42(4,34)35)26(23-24)38-41(3,32)33/h22-23H,5-21H2,1-4H3. The van der Waals surface area contributed by atoms with Gasteiger partial charge in [-0.3, -0.25) is 0 Å². The summed E-state index contributed by atoms with van der Waals surface area (Å²) >= 11 is 0. The summed E-state index contributed by atoms with van der Waals surface area (Å²) in [5, 5.41) is 0. The van der Waals surface area contributed by atoms with Gasteiger partial charge in [0.05, 0.1) is 30.9 Å². The highest BCUT2D eigenvalue weighted by molar-refractivity contribution is 7.87. The minimum atomic E-state index is -4.27. The van der Waals surface area contributed by atoms with Crippen LogP contribution in [0.5, 0.6) is 17.2 Å². The van der Waals surface area contributed by atoms with Gasteiger partial charge in [-0.05, 0) is 6.42 Å². The lowest BCUT2D eigenvalue weighted by Gasteiger charge is -2.15. The first-order chi connectivity index (χ1) is 19.6. The average molecular weight is 657 g/mol. The second-order valence-electron chi connectivity index (χ2n) is 10.6. The number of ether oxygens (including phenoxy) is 1. The van der Waals surface area contributed by atoms with Crippen LogP contribution in [-0.4, -0.2) is 56.6 Å². The molecule has 0 atom stereocenters. The molecule has 0 N–H and O–H groups in total. The Morgan fingerprint density at radius 2 is 0.881 bits per heavy atom. The van der Waals surface area contributed by atoms with E-state index in [1.807, 2.05) is 0 Å². The monoisotopic (exact) mass is 656 g/mol. The third-order valence-electron chi connectivity index (χ3n) is 6.20. The van der Waals surface area contributed by atoms with E-state index in [1.165, 1.54) is 77.0 Å². The van der Waals surface area contributed by atoms with Gasteiger partial charge in [0.2, 0.25) is 5.75 Å². The number of hydrogen-bond donors (Lipinski definition) is 0. The fourth-order valence-corrected chi connectivity index (χ4v) is 5.64. The van der Waals surface area contributed by atoms with Crippen LogP contribution in [-0.2, 0) is 35.1 Å². The molecule has 0 aromatic heterocycles. The largest absolute Gasteiger partial charge is 0.462 e. The van der Waals surface area contributed by atoms with Crippen LogP contribution in [0.15, 0.2) is 12.1 Å². The van der Waals surface area contributed by atoms with Crippen molar-refractivity contribution in [2.45, 2.75) is 110 Å². The Hall–Kier alpha value is -2.06. The summed E-state index contributed by atoms with van der Waals surface area (Å²) in [6, 6.07) is 1.76. The Labute approximate surface area is 253 Å². The van der Waals surface area contributed by atoms with Gasteiger partial charge in [-0.1, -0.05) is 103 Å². The van der Waals surface area contributed by atoms with Crippen molar-refractivity contribution in [1.29, 1.82) is 0 Å². The predicted octanol–water partition coefficient (Wildman–Crippen LogP) is 6.12. The molecule has 0 aliphatic rings. The third-order valence-corrected chi connectivity index (χ3v) is 7.64. The van der Waals surface area contributed by atoms with Crippen LogP contribution in [0.3, 0.4) is 0 Å². The molecule has 0 saturated carbocycles. The number of rotatable bonds is 24. The summed E-state index contributed by atoms with van der Waals surface area (Å²) in [5.74, 6) is -3.25. The van der Waals surface area contributed by atoms with E-state index < -0.39 is 53.6 Å². The van der Waals surface area contributed by atoms with Crippen LogP contribution >= 0.6 is 0 Å². The van der Waals surface area contributed by atoms with Crippen LogP contribution in [0.4, 0.5) is 0 Å². The molecule has 0 aliphatic carbocycles. The lowest BCUT2D eigenvalue weighted by molar-refractivity contribution is 0.0497. The van der Waals surface area contributed by atoms with Crippen molar-refractivity contribution >= 4 is 36.3 Å². The van der Waals surface area contributed by atoms with E-state index in [0.717, 1.165) is 31.4 Å². The predicted molar refractivity (Wildman–Crippen MR) is 163 cm³/mol. The zero-order valence-electron chi connectivity index (χ0n) is 25.4. The van der Waals surface area contributed by atoms with E-state index in [9.17, 15) is 30.0 Å². The Morgan fingerprint density at radius 1 is 0.548 bits per heavy atom. The molecule has 0 spiro atoms. The molecule has 0 heterocycles. The first kappa shape index (κ1) is 38.0. The number of carbonyl (C=O) groups excluding carboxylic acids is 1. The fourth-order valence-electron chi connectivity index (χ4n) is 4.28. The zero-order valence-corrected chi connectivity index (χ0v) is 27.8. The summed E-state index contributed by atoms with van der Waals surface area (Å²) in [4.78, 5) is 12.6. The topological polar surface area (TPSA) is 156 Å². The van der Waals surface area contributed by atoms with E-state index in [2.05, 4.69) is 6.92 Å². The maximum Gasteiger partial charge on any atom is 0.338 e. The molecule has 14 heteroatoms. The molecule has 244 valence electrons. The van der Waals surface area contributed by atoms with Crippen molar-refractivity contribution in [3.05, 3.63) is 17.7 Å². The first-order valence-corrected chi connectivity index (χ1v) is 20.1. The van der Waals surface area contributed by atoms with Crippen molar-refractivity contribution in [2.75, 3.05) is 25.4 Å². The maximum absolute atomic E-state index is 12.6. The Bertz CT molecular complexity index is 1220. The first-order valence-electron chi connectivity index (χ1n) is 14.6. The molecule has 0 radical (unpaired) electrons. The van der Waals surface area contributed by atoms with Gasteiger partial charge in [-0.2, -0.15) is 25.3 Å². The van der Waals surface area contributed by atoms with Gasteiger partial charge in [0.15, 0.2) is 11.5 Å². The van der Waals surface area contributed by atoms with Crippen LogP contribution in [0, 0.1) is 0 Å². The van der Waals surface area contributed by atoms with Crippen molar-refractivity contribution in [2.24, 2.45) is 0 Å². The van der Waals surface area contributed by atoms with Gasteiger partial charge >= 0.3 is 36.3 Å². The second kappa shape index (κ2) is 19.3. The van der Waals surface area contributed by atoms with Crippen LogP contribution in [0.1, 0.15) is 120 Å². The molecule has 42 heavy (non-hydrogen) atoms. The SMILES string of the molecule is CCCCCCCCCCCCCCCCCCOC(=O)c1cc(OS(C)(=O)=O)c(OS(C)(=O)=O)c(OS(C)(=O)=O)c1. The molecule has 0 amide bonds. The summed E-state index contributed by atoms with van der Waals surface area (Å²) in [6.07, 6.45) is 21.3.